The minimum atomic E-state index is -1.35. The molecule has 266 valence electrons. The van der Waals surface area contributed by atoms with Gasteiger partial charge in [0.25, 0.3) is 0 Å². The number of ether oxygens (including phenoxy) is 2. The number of amides is 1. The smallest absolute Gasteiger partial charge is 0.310 e. The van der Waals surface area contributed by atoms with Crippen LogP contribution >= 0.6 is 0 Å². The first kappa shape index (κ1) is 35.3. The molecule has 0 spiro atoms. The van der Waals surface area contributed by atoms with Crippen molar-refractivity contribution in [1.82, 2.24) is 5.32 Å². The van der Waals surface area contributed by atoms with Crippen LogP contribution in [0.5, 0.6) is 0 Å². The molecule has 6 rings (SSSR count). The molecule has 1 saturated heterocycles. The summed E-state index contributed by atoms with van der Waals surface area (Å²) in [7, 11) is 0. The molecule has 9 nitrogen and oxygen atoms in total. The lowest BCUT2D eigenvalue weighted by Crippen LogP contribution is -2.67. The molecule has 47 heavy (non-hydrogen) atoms. The second kappa shape index (κ2) is 11.5. The Morgan fingerprint density at radius 1 is 0.936 bits per heavy atom. The Bertz CT molecular complexity index is 1300. The average molecular weight is 660 g/mol. The highest BCUT2D eigenvalue weighted by molar-refractivity contribution is 5.76. The number of hydrogen-bond acceptors (Lipinski definition) is 7. The number of carbonyl (C=O) groups excluding carboxylic acids is 1. The van der Waals surface area contributed by atoms with E-state index in [1.807, 2.05) is 0 Å². The summed E-state index contributed by atoms with van der Waals surface area (Å²) in [6.45, 7) is 17.6. The Hall–Kier alpha value is -1.52. The van der Waals surface area contributed by atoms with Crippen molar-refractivity contribution in [2.45, 2.75) is 156 Å². The number of aliphatic carboxylic acids is 1. The van der Waals surface area contributed by atoms with E-state index in [1.54, 1.807) is 0 Å². The zero-order valence-electron chi connectivity index (χ0n) is 30.0. The van der Waals surface area contributed by atoms with Crippen LogP contribution in [0.15, 0.2) is 11.6 Å². The van der Waals surface area contributed by atoms with Gasteiger partial charge in [0.05, 0.1) is 18.1 Å². The van der Waals surface area contributed by atoms with Crippen LogP contribution in [0.2, 0.25) is 0 Å². The molecular weight excluding hydrogens is 598 g/mol. The summed E-state index contributed by atoms with van der Waals surface area (Å²) < 4.78 is 12.7. The molecule has 0 aromatic rings. The lowest BCUT2D eigenvalue weighted by molar-refractivity contribution is -0.306. The quantitative estimate of drug-likeness (QED) is 0.200. The predicted molar refractivity (Wildman–Crippen MR) is 177 cm³/mol. The van der Waals surface area contributed by atoms with Crippen LogP contribution in [-0.4, -0.2) is 75.7 Å². The van der Waals surface area contributed by atoms with Crippen molar-refractivity contribution in [3.8, 4) is 0 Å². The van der Waals surface area contributed by atoms with Crippen molar-refractivity contribution < 1.29 is 39.5 Å². The summed E-state index contributed by atoms with van der Waals surface area (Å²) in [5.74, 6) is -0.0617. The molecule has 0 bridgehead atoms. The first-order chi connectivity index (χ1) is 21.8. The van der Waals surface area contributed by atoms with Crippen LogP contribution in [0, 0.1) is 50.2 Å². The molecule has 4 saturated carbocycles. The topological polar surface area (TPSA) is 146 Å². The van der Waals surface area contributed by atoms with Crippen LogP contribution in [0.1, 0.15) is 120 Å². The van der Waals surface area contributed by atoms with E-state index in [4.69, 9.17) is 9.47 Å². The Kier molecular flexibility index (Phi) is 8.65. The molecule has 5 fully saturated rings. The van der Waals surface area contributed by atoms with Gasteiger partial charge in [-0.05, 0) is 109 Å². The first-order valence-electron chi connectivity index (χ1n) is 18.3. The van der Waals surface area contributed by atoms with Crippen molar-refractivity contribution in [1.29, 1.82) is 0 Å². The van der Waals surface area contributed by atoms with E-state index in [2.05, 4.69) is 59.9 Å². The van der Waals surface area contributed by atoms with Crippen LogP contribution in [0.3, 0.4) is 0 Å². The highest BCUT2D eigenvalue weighted by Gasteiger charge is 2.69. The van der Waals surface area contributed by atoms with Crippen molar-refractivity contribution >= 4 is 11.9 Å². The zero-order valence-corrected chi connectivity index (χ0v) is 30.0. The number of hydrogen-bond donors (Lipinski definition) is 5. The number of carboxylic acids is 1. The molecular formula is C38H61NO8. The number of allylic oxidation sites excluding steroid dienone is 2. The molecule has 1 heterocycles. The van der Waals surface area contributed by atoms with Gasteiger partial charge in [-0.2, -0.15) is 0 Å². The van der Waals surface area contributed by atoms with E-state index in [9.17, 15) is 30.0 Å². The molecule has 0 aromatic heterocycles. The van der Waals surface area contributed by atoms with Gasteiger partial charge in [-0.25, -0.2) is 0 Å². The number of carbonyl (C=O) groups is 2. The molecule has 2 unspecified atom stereocenters. The van der Waals surface area contributed by atoms with Crippen molar-refractivity contribution in [2.24, 2.45) is 50.2 Å². The summed E-state index contributed by atoms with van der Waals surface area (Å²) in [6.07, 6.45) is 6.79. The number of carboxylic acid groups (broad SMARTS) is 1. The summed E-state index contributed by atoms with van der Waals surface area (Å²) in [5.41, 5.74) is 0.733. The Labute approximate surface area is 281 Å². The number of rotatable bonds is 5. The predicted octanol–water partition coefficient (Wildman–Crippen LogP) is 5.20. The van der Waals surface area contributed by atoms with Gasteiger partial charge in [-0.15, -0.1) is 0 Å². The zero-order chi connectivity index (χ0) is 34.5. The minimum Gasteiger partial charge on any atom is -0.481 e. The molecule has 5 aliphatic carbocycles. The van der Waals surface area contributed by atoms with Crippen LogP contribution in [-0.2, 0) is 19.1 Å². The third kappa shape index (κ3) is 5.10. The minimum absolute atomic E-state index is 0.0440. The van der Waals surface area contributed by atoms with E-state index in [0.29, 0.717) is 11.8 Å². The van der Waals surface area contributed by atoms with Gasteiger partial charge >= 0.3 is 5.97 Å². The van der Waals surface area contributed by atoms with E-state index in [0.717, 1.165) is 64.2 Å². The fourth-order valence-corrected chi connectivity index (χ4v) is 12.6. The van der Waals surface area contributed by atoms with Gasteiger partial charge in [-0.1, -0.05) is 60.1 Å². The standard InChI is InChI=1S/C38H61NO8/c1-21(41)39-28-30(43)29(42)24(20-40)46-31(28)47-27-12-13-35(6)25(34(27,4)5)11-14-37(8)26(35)10-9-22-23-19-33(2,3)15-17-38(23,32(44)45)18-16-36(22,37)7/h9,23-31,40,42-43H,10-20H2,1-8H3,(H,39,41)(H,44,45)/t23-,24+,25?,26?,27-,28+,29+,30-,31-,35-,36+,37+,38-/m0/s1. The molecule has 6 aliphatic rings. The fourth-order valence-electron chi connectivity index (χ4n) is 12.6. The molecule has 13 atom stereocenters. The molecule has 0 radical (unpaired) electrons. The maximum absolute atomic E-state index is 13.0. The van der Waals surface area contributed by atoms with Gasteiger partial charge in [0.2, 0.25) is 5.91 Å². The second-order valence-electron chi connectivity index (χ2n) is 18.6. The molecule has 5 N–H and O–H groups in total. The number of aliphatic hydroxyl groups excluding tert-OH is 3. The molecule has 0 aromatic carbocycles. The lowest BCUT2D eigenvalue weighted by Gasteiger charge is -2.71. The summed E-state index contributed by atoms with van der Waals surface area (Å²) in [6, 6.07) is -0.958. The normalized spacial score (nSPS) is 50.1. The second-order valence-corrected chi connectivity index (χ2v) is 18.6. The van der Waals surface area contributed by atoms with E-state index >= 15 is 0 Å². The van der Waals surface area contributed by atoms with Crippen molar-refractivity contribution in [3.05, 3.63) is 11.6 Å². The maximum atomic E-state index is 13.0. The first-order valence-corrected chi connectivity index (χ1v) is 18.3. The third-order valence-corrected chi connectivity index (χ3v) is 15.6. The number of nitrogens with one attached hydrogen (secondary N) is 1. The maximum Gasteiger partial charge on any atom is 0.310 e. The van der Waals surface area contributed by atoms with Gasteiger partial charge in [0.1, 0.15) is 24.4 Å². The SMILES string of the molecule is CC(=O)N[C@H]1[C@H](O[C@H]2CC[C@@]3(C)C(CC[C@]4(C)C3CC=C3[C@@H]5CC(C)(C)CC[C@]5(C(=O)O)CC[C@]34C)C2(C)C)O[C@H](CO)[C@@H](O)[C@H]1O. The summed E-state index contributed by atoms with van der Waals surface area (Å²) >= 11 is 0. The van der Waals surface area contributed by atoms with Crippen molar-refractivity contribution in [3.63, 3.8) is 0 Å². The highest BCUT2D eigenvalue weighted by atomic mass is 16.7. The fraction of sp³-hybridized carbons (Fsp3) is 0.895. The monoisotopic (exact) mass is 659 g/mol. The van der Waals surface area contributed by atoms with Gasteiger partial charge < -0.3 is 35.2 Å². The molecule has 1 amide bonds. The Balaban J connectivity index is 1.29. The summed E-state index contributed by atoms with van der Waals surface area (Å²) in [4.78, 5) is 25.0. The number of fused-ring (bicyclic) bond motifs is 7. The van der Waals surface area contributed by atoms with E-state index in [1.165, 1.54) is 12.5 Å². The average Bonchev–Trinajstić information content (AvgIpc) is 2.97. The van der Waals surface area contributed by atoms with E-state index < -0.39 is 48.6 Å². The molecule has 1 aliphatic heterocycles. The van der Waals surface area contributed by atoms with Crippen LogP contribution < -0.4 is 5.32 Å². The van der Waals surface area contributed by atoms with Crippen molar-refractivity contribution in [2.75, 3.05) is 6.61 Å². The Morgan fingerprint density at radius 2 is 1.62 bits per heavy atom. The van der Waals surface area contributed by atoms with Crippen LogP contribution in [0.25, 0.3) is 0 Å². The highest BCUT2D eigenvalue weighted by Crippen LogP contribution is 2.76. The third-order valence-electron chi connectivity index (χ3n) is 15.6. The lowest BCUT2D eigenvalue weighted by atomic mass is 9.33. The van der Waals surface area contributed by atoms with E-state index in [-0.39, 0.29) is 45.0 Å². The largest absolute Gasteiger partial charge is 0.481 e. The van der Waals surface area contributed by atoms with Crippen LogP contribution in [0.4, 0.5) is 0 Å². The summed E-state index contributed by atoms with van der Waals surface area (Å²) in [5, 5.41) is 44.7. The number of aliphatic hydroxyl groups is 3. The van der Waals surface area contributed by atoms with Gasteiger partial charge in [0, 0.05) is 6.92 Å². The van der Waals surface area contributed by atoms with Gasteiger partial charge in [-0.3, -0.25) is 9.59 Å². The Morgan fingerprint density at radius 3 is 2.26 bits per heavy atom. The van der Waals surface area contributed by atoms with Gasteiger partial charge in [0.15, 0.2) is 6.29 Å². The molecule has 9 heteroatoms.